The minimum atomic E-state index is -1.41. The molecule has 0 spiro atoms. The van der Waals surface area contributed by atoms with Gasteiger partial charge in [0, 0.05) is 35.5 Å². The van der Waals surface area contributed by atoms with Gasteiger partial charge in [-0.25, -0.2) is 18.6 Å². The predicted octanol–water partition coefficient (Wildman–Crippen LogP) is 5.30. The number of rotatable bonds is 7. The highest BCUT2D eigenvalue weighted by Crippen LogP contribution is 2.32. The van der Waals surface area contributed by atoms with E-state index in [1.807, 2.05) is 13.0 Å². The predicted molar refractivity (Wildman–Crippen MR) is 128 cm³/mol. The maximum atomic E-state index is 14.5. The van der Waals surface area contributed by atoms with Gasteiger partial charge in [-0.1, -0.05) is 0 Å². The second-order valence-corrected chi connectivity index (χ2v) is 8.14. The number of nitrogens with one attached hydrogen (secondary N) is 3. The van der Waals surface area contributed by atoms with E-state index >= 15 is 0 Å². The number of aryl methyl sites for hydroxylation is 2. The van der Waals surface area contributed by atoms with Crippen molar-refractivity contribution in [2.75, 3.05) is 17.2 Å². The summed E-state index contributed by atoms with van der Waals surface area (Å²) in [6.45, 7) is 6.56. The van der Waals surface area contributed by atoms with Gasteiger partial charge >= 0.3 is 6.03 Å². The fourth-order valence-electron chi connectivity index (χ4n) is 3.27. The molecule has 2 aromatic heterocycles. The molecule has 0 aliphatic heterocycles. The third-order valence-electron chi connectivity index (χ3n) is 4.95. The van der Waals surface area contributed by atoms with Gasteiger partial charge in [0.2, 0.25) is 6.41 Å². The first-order valence-corrected chi connectivity index (χ1v) is 10.1. The Hall–Kier alpha value is -3.33. The van der Waals surface area contributed by atoms with E-state index in [0.717, 1.165) is 10.9 Å². The number of fused-ring (bicyclic) bond motifs is 1. The largest absolute Gasteiger partial charge is 0.338 e. The SMILES string of the molecule is Cc1cc(F)c(NC(=O)NCCC(C)(C)F)cc1-c1cc2cnc(NC=O)cc2nc1C.Cl. The lowest BCUT2D eigenvalue weighted by atomic mass is 9.97. The summed E-state index contributed by atoms with van der Waals surface area (Å²) in [5.74, 6) is -0.191. The van der Waals surface area contributed by atoms with E-state index in [4.69, 9.17) is 0 Å². The average Bonchev–Trinajstić information content (AvgIpc) is 2.69. The Bertz CT molecular complexity index is 1180. The monoisotopic (exact) mass is 477 g/mol. The van der Waals surface area contributed by atoms with Crippen molar-refractivity contribution in [3.63, 3.8) is 0 Å². The van der Waals surface area contributed by atoms with Gasteiger partial charge in [-0.05, 0) is 63.4 Å². The standard InChI is InChI=1S/C23H25F2N5O2.ClH/c1-13-7-18(24)20(30-22(32)26-6-5-23(3,4)25)9-16(13)17-8-15-11-27-21(28-12-31)10-19(15)29-14(17)2;/h7-12H,5-6H2,1-4H3,(H2,26,30,32)(H,27,28,31);1H. The Morgan fingerprint density at radius 2 is 1.88 bits per heavy atom. The van der Waals surface area contributed by atoms with Crippen LogP contribution < -0.4 is 16.0 Å². The molecule has 0 saturated carbocycles. The van der Waals surface area contributed by atoms with Gasteiger partial charge in [0.15, 0.2) is 0 Å². The summed E-state index contributed by atoms with van der Waals surface area (Å²) in [6.07, 6.45) is 2.28. The van der Waals surface area contributed by atoms with Gasteiger partial charge in [0.1, 0.15) is 17.3 Å². The number of alkyl halides is 1. The van der Waals surface area contributed by atoms with Crippen LogP contribution in [0.1, 0.15) is 31.5 Å². The van der Waals surface area contributed by atoms with Crippen LogP contribution in [0, 0.1) is 19.7 Å². The maximum absolute atomic E-state index is 14.5. The maximum Gasteiger partial charge on any atom is 0.319 e. The molecule has 0 saturated heterocycles. The third kappa shape index (κ3) is 6.58. The van der Waals surface area contributed by atoms with E-state index in [1.165, 1.54) is 19.9 Å². The van der Waals surface area contributed by atoms with Crippen LogP contribution in [0.4, 0.5) is 25.1 Å². The lowest BCUT2D eigenvalue weighted by Crippen LogP contribution is -2.32. The number of pyridine rings is 2. The van der Waals surface area contributed by atoms with Crippen molar-refractivity contribution in [2.45, 2.75) is 39.8 Å². The minimum Gasteiger partial charge on any atom is -0.338 e. The smallest absolute Gasteiger partial charge is 0.319 e. The van der Waals surface area contributed by atoms with Gasteiger partial charge in [0.25, 0.3) is 0 Å². The normalized spacial score (nSPS) is 11.0. The molecule has 3 N–H and O–H groups in total. The van der Waals surface area contributed by atoms with E-state index in [0.29, 0.717) is 34.6 Å². The van der Waals surface area contributed by atoms with Crippen LogP contribution in [0.5, 0.6) is 0 Å². The van der Waals surface area contributed by atoms with Crippen molar-refractivity contribution < 1.29 is 18.4 Å². The van der Waals surface area contributed by atoms with E-state index in [1.54, 1.807) is 25.3 Å². The molecular formula is C23H26ClF2N5O2. The number of amides is 3. The molecule has 3 aromatic rings. The van der Waals surface area contributed by atoms with Crippen molar-refractivity contribution in [3.05, 3.63) is 47.5 Å². The Balaban J connectivity index is 0.00000385. The number of anilines is 2. The molecule has 0 aliphatic rings. The van der Waals surface area contributed by atoms with Crippen LogP contribution in [-0.4, -0.2) is 34.6 Å². The molecule has 10 heteroatoms. The first-order valence-electron chi connectivity index (χ1n) is 10.1. The number of urea groups is 1. The topological polar surface area (TPSA) is 96.0 Å². The zero-order valence-electron chi connectivity index (χ0n) is 18.8. The molecule has 7 nitrogen and oxygen atoms in total. The minimum absolute atomic E-state index is 0. The summed E-state index contributed by atoms with van der Waals surface area (Å²) in [7, 11) is 0. The number of benzene rings is 1. The summed E-state index contributed by atoms with van der Waals surface area (Å²) in [4.78, 5) is 31.5. The van der Waals surface area contributed by atoms with Crippen LogP contribution in [0.2, 0.25) is 0 Å². The van der Waals surface area contributed by atoms with Crippen molar-refractivity contribution in [1.82, 2.24) is 15.3 Å². The first kappa shape index (κ1) is 25.9. The molecule has 0 radical (unpaired) electrons. The van der Waals surface area contributed by atoms with Gasteiger partial charge in [-0.2, -0.15) is 0 Å². The van der Waals surface area contributed by atoms with Crippen LogP contribution in [0.25, 0.3) is 22.0 Å². The van der Waals surface area contributed by atoms with Crippen molar-refractivity contribution in [3.8, 4) is 11.1 Å². The summed E-state index contributed by atoms with van der Waals surface area (Å²) >= 11 is 0. The highest BCUT2D eigenvalue weighted by molar-refractivity contribution is 5.92. The lowest BCUT2D eigenvalue weighted by molar-refractivity contribution is -0.105. The van der Waals surface area contributed by atoms with E-state index < -0.39 is 17.5 Å². The second-order valence-electron chi connectivity index (χ2n) is 8.14. The van der Waals surface area contributed by atoms with Gasteiger partial charge < -0.3 is 16.0 Å². The molecule has 3 amide bonds. The van der Waals surface area contributed by atoms with Gasteiger partial charge in [0.05, 0.1) is 11.2 Å². The Labute approximate surface area is 196 Å². The Morgan fingerprint density at radius 1 is 1.15 bits per heavy atom. The Morgan fingerprint density at radius 3 is 2.55 bits per heavy atom. The fraction of sp³-hybridized carbons (Fsp3) is 0.304. The van der Waals surface area contributed by atoms with Crippen molar-refractivity contribution >= 4 is 47.3 Å². The third-order valence-corrected chi connectivity index (χ3v) is 4.95. The summed E-state index contributed by atoms with van der Waals surface area (Å²) in [6, 6.07) is 5.82. The van der Waals surface area contributed by atoms with E-state index in [2.05, 4.69) is 25.9 Å². The molecule has 0 unspecified atom stereocenters. The molecule has 2 heterocycles. The number of aromatic nitrogens is 2. The highest BCUT2D eigenvalue weighted by Gasteiger charge is 2.17. The quantitative estimate of drug-likeness (QED) is 0.402. The first-order chi connectivity index (χ1) is 15.1. The molecule has 0 aliphatic carbocycles. The molecule has 0 fully saturated rings. The number of nitrogens with zero attached hydrogens (tertiary/aromatic N) is 2. The number of hydrogen-bond acceptors (Lipinski definition) is 4. The van der Waals surface area contributed by atoms with Gasteiger partial charge in [-0.15, -0.1) is 12.4 Å². The summed E-state index contributed by atoms with van der Waals surface area (Å²) in [5, 5.41) is 8.25. The van der Waals surface area contributed by atoms with Crippen molar-refractivity contribution in [2.24, 2.45) is 0 Å². The zero-order chi connectivity index (χ0) is 23.5. The number of carbonyl (C=O) groups excluding carboxylic acids is 2. The average molecular weight is 478 g/mol. The lowest BCUT2D eigenvalue weighted by Gasteiger charge is -2.16. The van der Waals surface area contributed by atoms with Crippen molar-refractivity contribution in [1.29, 1.82) is 0 Å². The highest BCUT2D eigenvalue weighted by atomic mass is 35.5. The molecule has 3 rings (SSSR count). The van der Waals surface area contributed by atoms with E-state index in [-0.39, 0.29) is 31.1 Å². The number of carbonyl (C=O) groups is 2. The molecule has 33 heavy (non-hydrogen) atoms. The van der Waals surface area contributed by atoms with Crippen LogP contribution >= 0.6 is 12.4 Å². The molecular weight excluding hydrogens is 452 g/mol. The van der Waals surface area contributed by atoms with Gasteiger partial charge in [-0.3, -0.25) is 9.78 Å². The number of hydrogen-bond donors (Lipinski definition) is 3. The Kier molecular flexibility index (Phi) is 8.27. The summed E-state index contributed by atoms with van der Waals surface area (Å²) in [5.41, 5.74) is 2.07. The van der Waals surface area contributed by atoms with Crippen LogP contribution in [-0.2, 0) is 4.79 Å². The molecule has 0 bridgehead atoms. The zero-order valence-corrected chi connectivity index (χ0v) is 19.6. The second kappa shape index (κ2) is 10.5. The molecule has 176 valence electrons. The number of halogens is 3. The molecule has 1 aromatic carbocycles. The molecule has 0 atom stereocenters. The van der Waals surface area contributed by atoms with Crippen LogP contribution in [0.15, 0.2) is 30.5 Å². The summed E-state index contributed by atoms with van der Waals surface area (Å²) < 4.78 is 28.1. The van der Waals surface area contributed by atoms with Crippen LogP contribution in [0.3, 0.4) is 0 Å². The van der Waals surface area contributed by atoms with E-state index in [9.17, 15) is 18.4 Å². The fourth-order valence-corrected chi connectivity index (χ4v) is 3.27.